The fourth-order valence-electron chi connectivity index (χ4n) is 1.94. The molecule has 1 heterocycles. The lowest BCUT2D eigenvalue weighted by atomic mass is 10.3. The van der Waals surface area contributed by atoms with Crippen LogP contribution in [0.1, 0.15) is 19.8 Å². The molecule has 0 aliphatic carbocycles. The number of carbonyl (C=O) groups is 1. The Labute approximate surface area is 124 Å². The molecule has 0 aromatic heterocycles. The molecule has 1 aromatic rings. The van der Waals surface area contributed by atoms with Gasteiger partial charge in [0, 0.05) is 37.9 Å². The molecule has 0 saturated carbocycles. The van der Waals surface area contributed by atoms with Gasteiger partial charge in [-0.15, -0.1) is 0 Å². The largest absolute Gasteiger partial charge is 0.490 e. The normalized spacial score (nSPS) is 13.4. The molecule has 2 N–H and O–H groups in total. The molecule has 6 heteroatoms. The third-order valence-corrected chi connectivity index (χ3v) is 2.96. The fraction of sp³-hybridized carbons (Fsp3) is 0.533. The Balaban J connectivity index is 1.79. The number of rotatable bonds is 6. The first-order valence-electron chi connectivity index (χ1n) is 7.32. The van der Waals surface area contributed by atoms with E-state index in [2.05, 4.69) is 10.6 Å². The minimum Gasteiger partial charge on any atom is -0.490 e. The van der Waals surface area contributed by atoms with Crippen molar-refractivity contribution in [3.05, 3.63) is 18.2 Å². The number of hydrogen-bond acceptors (Lipinski definition) is 4. The summed E-state index contributed by atoms with van der Waals surface area (Å²) in [5.74, 6) is 1.39. The van der Waals surface area contributed by atoms with Crippen LogP contribution in [0.4, 0.5) is 10.5 Å². The lowest BCUT2D eigenvalue weighted by Gasteiger charge is -2.11. The van der Waals surface area contributed by atoms with Crippen molar-refractivity contribution in [3.8, 4) is 11.5 Å². The lowest BCUT2D eigenvalue weighted by Crippen LogP contribution is -2.30. The first-order chi connectivity index (χ1) is 10.3. The molecule has 0 saturated heterocycles. The Morgan fingerprint density at radius 3 is 2.90 bits per heavy atom. The van der Waals surface area contributed by atoms with Crippen molar-refractivity contribution >= 4 is 11.7 Å². The van der Waals surface area contributed by atoms with E-state index >= 15 is 0 Å². The number of hydrogen-bond donors (Lipinski definition) is 2. The van der Waals surface area contributed by atoms with Gasteiger partial charge in [-0.25, -0.2) is 4.79 Å². The van der Waals surface area contributed by atoms with E-state index in [0.717, 1.165) is 18.6 Å². The maximum absolute atomic E-state index is 11.7. The maximum atomic E-state index is 11.7. The predicted octanol–water partition coefficient (Wildman–Crippen LogP) is 2.40. The van der Waals surface area contributed by atoms with Gasteiger partial charge in [-0.3, -0.25) is 0 Å². The van der Waals surface area contributed by atoms with Gasteiger partial charge in [0.15, 0.2) is 11.5 Å². The van der Waals surface area contributed by atoms with E-state index in [0.29, 0.717) is 44.4 Å². The summed E-state index contributed by atoms with van der Waals surface area (Å²) >= 11 is 0. The first kappa shape index (κ1) is 15.4. The second-order valence-corrected chi connectivity index (χ2v) is 4.64. The summed E-state index contributed by atoms with van der Waals surface area (Å²) < 4.78 is 16.3. The van der Waals surface area contributed by atoms with Crippen molar-refractivity contribution < 1.29 is 19.0 Å². The summed E-state index contributed by atoms with van der Waals surface area (Å²) in [7, 11) is 0. The summed E-state index contributed by atoms with van der Waals surface area (Å²) in [6, 6.07) is 5.15. The Kier molecular flexibility index (Phi) is 6.15. The average Bonchev–Trinajstić information content (AvgIpc) is 2.72. The Hall–Kier alpha value is -1.95. The molecule has 1 aromatic carbocycles. The highest BCUT2D eigenvalue weighted by molar-refractivity contribution is 5.89. The van der Waals surface area contributed by atoms with E-state index in [9.17, 15) is 4.79 Å². The van der Waals surface area contributed by atoms with Crippen LogP contribution >= 0.6 is 0 Å². The van der Waals surface area contributed by atoms with Crippen molar-refractivity contribution in [2.75, 3.05) is 38.3 Å². The zero-order chi connectivity index (χ0) is 14.9. The van der Waals surface area contributed by atoms with Gasteiger partial charge in [0.1, 0.15) is 0 Å². The molecule has 0 bridgehead atoms. The molecule has 6 nitrogen and oxygen atoms in total. The van der Waals surface area contributed by atoms with Gasteiger partial charge in [-0.1, -0.05) is 0 Å². The summed E-state index contributed by atoms with van der Waals surface area (Å²) in [5, 5.41) is 5.56. The second-order valence-electron chi connectivity index (χ2n) is 4.64. The molecule has 2 rings (SSSR count). The monoisotopic (exact) mass is 294 g/mol. The molecule has 0 unspecified atom stereocenters. The highest BCUT2D eigenvalue weighted by Gasteiger charge is 2.11. The third kappa shape index (κ3) is 5.15. The molecule has 0 atom stereocenters. The van der Waals surface area contributed by atoms with Gasteiger partial charge >= 0.3 is 6.03 Å². The topological polar surface area (TPSA) is 68.8 Å². The van der Waals surface area contributed by atoms with E-state index in [4.69, 9.17) is 14.2 Å². The molecular weight excluding hydrogens is 272 g/mol. The van der Waals surface area contributed by atoms with Crippen LogP contribution in [-0.4, -0.2) is 39.0 Å². The van der Waals surface area contributed by atoms with Crippen molar-refractivity contribution in [3.63, 3.8) is 0 Å². The Morgan fingerprint density at radius 2 is 2.10 bits per heavy atom. The third-order valence-electron chi connectivity index (χ3n) is 2.96. The van der Waals surface area contributed by atoms with Crippen LogP contribution in [0.15, 0.2) is 18.2 Å². The average molecular weight is 294 g/mol. The molecule has 0 spiro atoms. The second kappa shape index (κ2) is 8.36. The van der Waals surface area contributed by atoms with Crippen molar-refractivity contribution in [1.82, 2.24) is 5.32 Å². The van der Waals surface area contributed by atoms with E-state index in [1.54, 1.807) is 12.1 Å². The van der Waals surface area contributed by atoms with Gasteiger partial charge in [-0.05, 0) is 25.5 Å². The zero-order valence-electron chi connectivity index (χ0n) is 12.3. The quantitative estimate of drug-likeness (QED) is 0.791. The highest BCUT2D eigenvalue weighted by Crippen LogP contribution is 2.32. The number of nitrogens with one attached hydrogen (secondary N) is 2. The predicted molar refractivity (Wildman–Crippen MR) is 80.2 cm³/mol. The van der Waals surface area contributed by atoms with Gasteiger partial charge in [0.25, 0.3) is 0 Å². The van der Waals surface area contributed by atoms with Crippen LogP contribution < -0.4 is 20.1 Å². The zero-order valence-corrected chi connectivity index (χ0v) is 12.3. The van der Waals surface area contributed by atoms with E-state index in [-0.39, 0.29) is 6.03 Å². The number of anilines is 1. The summed E-state index contributed by atoms with van der Waals surface area (Å²) in [5.41, 5.74) is 0.682. The molecule has 2 amide bonds. The van der Waals surface area contributed by atoms with Gasteiger partial charge < -0.3 is 24.8 Å². The first-order valence-corrected chi connectivity index (χ1v) is 7.32. The smallest absolute Gasteiger partial charge is 0.319 e. The minimum absolute atomic E-state index is 0.235. The number of ether oxygens (including phenoxy) is 3. The SMILES string of the molecule is CCOCCCNC(=O)Nc1ccc2c(c1)OCCCO2. The van der Waals surface area contributed by atoms with Gasteiger partial charge in [0.05, 0.1) is 13.2 Å². The van der Waals surface area contributed by atoms with E-state index in [1.165, 1.54) is 0 Å². The Bertz CT molecular complexity index is 465. The fourth-order valence-corrected chi connectivity index (χ4v) is 1.94. The summed E-state index contributed by atoms with van der Waals surface area (Å²) in [6.45, 7) is 5.16. The van der Waals surface area contributed by atoms with Crippen LogP contribution in [0.2, 0.25) is 0 Å². The number of urea groups is 1. The van der Waals surface area contributed by atoms with Crippen LogP contribution in [0.3, 0.4) is 0 Å². The van der Waals surface area contributed by atoms with Crippen LogP contribution in [0, 0.1) is 0 Å². The molecular formula is C15H22N2O4. The molecule has 0 fully saturated rings. The summed E-state index contributed by atoms with van der Waals surface area (Å²) in [6.07, 6.45) is 1.65. The van der Waals surface area contributed by atoms with Gasteiger partial charge in [0.2, 0.25) is 0 Å². The van der Waals surface area contributed by atoms with Crippen LogP contribution in [0.5, 0.6) is 11.5 Å². The van der Waals surface area contributed by atoms with Crippen LogP contribution in [-0.2, 0) is 4.74 Å². The summed E-state index contributed by atoms with van der Waals surface area (Å²) in [4.78, 5) is 11.7. The molecule has 21 heavy (non-hydrogen) atoms. The van der Waals surface area contributed by atoms with Crippen molar-refractivity contribution in [1.29, 1.82) is 0 Å². The lowest BCUT2D eigenvalue weighted by molar-refractivity contribution is 0.145. The molecule has 1 aliphatic rings. The highest BCUT2D eigenvalue weighted by atomic mass is 16.5. The van der Waals surface area contributed by atoms with E-state index in [1.807, 2.05) is 13.0 Å². The van der Waals surface area contributed by atoms with Crippen LogP contribution in [0.25, 0.3) is 0 Å². The molecule has 0 radical (unpaired) electrons. The van der Waals surface area contributed by atoms with Crippen molar-refractivity contribution in [2.45, 2.75) is 19.8 Å². The maximum Gasteiger partial charge on any atom is 0.319 e. The number of amides is 2. The minimum atomic E-state index is -0.235. The number of carbonyl (C=O) groups excluding carboxylic acids is 1. The van der Waals surface area contributed by atoms with Crippen molar-refractivity contribution in [2.24, 2.45) is 0 Å². The van der Waals surface area contributed by atoms with Gasteiger partial charge in [-0.2, -0.15) is 0 Å². The Morgan fingerprint density at radius 1 is 1.29 bits per heavy atom. The molecule has 1 aliphatic heterocycles. The van der Waals surface area contributed by atoms with E-state index < -0.39 is 0 Å². The molecule has 116 valence electrons. The number of benzene rings is 1. The number of fused-ring (bicyclic) bond motifs is 1. The standard InChI is InChI=1S/C15H22N2O4/c1-2-19-8-3-7-16-15(18)17-12-5-6-13-14(11-12)21-10-4-9-20-13/h5-6,11H,2-4,7-10H2,1H3,(H2,16,17,18).